The van der Waals surface area contributed by atoms with Crippen LogP contribution >= 0.6 is 12.6 Å². The van der Waals surface area contributed by atoms with Crippen LogP contribution in [0.3, 0.4) is 0 Å². The highest BCUT2D eigenvalue weighted by Gasteiger charge is 2.36. The van der Waals surface area contributed by atoms with E-state index in [1.165, 1.54) is 0 Å². The molecule has 2 atom stereocenters. The molecule has 1 aliphatic heterocycles. The second-order valence-corrected chi connectivity index (χ2v) is 8.68. The minimum atomic E-state index is -0.615. The number of rotatable bonds is 11. The predicted octanol–water partition coefficient (Wildman–Crippen LogP) is 3.33. The van der Waals surface area contributed by atoms with Crippen molar-refractivity contribution in [3.63, 3.8) is 0 Å². The summed E-state index contributed by atoms with van der Waals surface area (Å²) in [5, 5.41) is 0. The third kappa shape index (κ3) is 6.68. The van der Waals surface area contributed by atoms with E-state index in [0.29, 0.717) is 38.0 Å². The molecular formula is C23H34N2O3S. The van der Waals surface area contributed by atoms with Gasteiger partial charge in [-0.2, -0.15) is 12.6 Å². The van der Waals surface area contributed by atoms with Crippen LogP contribution in [0, 0.1) is 5.92 Å². The van der Waals surface area contributed by atoms with E-state index < -0.39 is 12.1 Å². The first kappa shape index (κ1) is 23.6. The number of hydrogen-bond donors (Lipinski definition) is 2. The van der Waals surface area contributed by atoms with Gasteiger partial charge in [0.15, 0.2) is 5.78 Å². The van der Waals surface area contributed by atoms with Gasteiger partial charge < -0.3 is 10.6 Å². The highest BCUT2D eigenvalue weighted by Crippen LogP contribution is 2.26. The number of carbonyl (C=O) groups excluding carboxylic acids is 3. The van der Waals surface area contributed by atoms with Crippen molar-refractivity contribution in [3.05, 3.63) is 35.4 Å². The summed E-state index contributed by atoms with van der Waals surface area (Å²) in [4.78, 5) is 39.1. The lowest BCUT2D eigenvalue weighted by Crippen LogP contribution is -2.54. The van der Waals surface area contributed by atoms with Crippen LogP contribution in [0.2, 0.25) is 0 Å². The first-order valence-electron chi connectivity index (χ1n) is 10.6. The van der Waals surface area contributed by atoms with E-state index in [9.17, 15) is 14.4 Å². The molecule has 1 aromatic rings. The van der Waals surface area contributed by atoms with Gasteiger partial charge in [-0.15, -0.1) is 0 Å². The molecule has 5 nitrogen and oxygen atoms in total. The van der Waals surface area contributed by atoms with Crippen molar-refractivity contribution in [1.82, 2.24) is 4.90 Å². The van der Waals surface area contributed by atoms with E-state index in [2.05, 4.69) is 12.6 Å². The fourth-order valence-corrected chi connectivity index (χ4v) is 4.09. The second kappa shape index (κ2) is 11.5. The fourth-order valence-electron chi connectivity index (χ4n) is 3.84. The largest absolute Gasteiger partial charge is 0.327 e. The number of fused-ring (bicyclic) bond motifs is 1. The molecular weight excluding hydrogens is 384 g/mol. The van der Waals surface area contributed by atoms with Crippen LogP contribution in [-0.4, -0.2) is 40.2 Å². The molecule has 1 aromatic carbocycles. The van der Waals surface area contributed by atoms with Crippen molar-refractivity contribution in [2.45, 2.75) is 77.4 Å². The first-order chi connectivity index (χ1) is 13.8. The maximum Gasteiger partial charge on any atom is 0.240 e. The van der Waals surface area contributed by atoms with Gasteiger partial charge in [0, 0.05) is 31.7 Å². The highest BCUT2D eigenvalue weighted by molar-refractivity contribution is 7.80. The summed E-state index contributed by atoms with van der Waals surface area (Å²) in [5.74, 6) is 0.634. The first-order valence-corrected chi connectivity index (χ1v) is 11.3. The summed E-state index contributed by atoms with van der Waals surface area (Å²) in [7, 11) is 0. The van der Waals surface area contributed by atoms with Gasteiger partial charge in [-0.3, -0.25) is 14.4 Å². The predicted molar refractivity (Wildman–Crippen MR) is 119 cm³/mol. The van der Waals surface area contributed by atoms with Crippen molar-refractivity contribution < 1.29 is 14.4 Å². The summed E-state index contributed by atoms with van der Waals surface area (Å²) in [6.45, 7) is 4.19. The average Bonchev–Trinajstić information content (AvgIpc) is 2.71. The van der Waals surface area contributed by atoms with E-state index in [0.717, 1.165) is 30.4 Å². The highest BCUT2D eigenvalue weighted by atomic mass is 32.1. The molecule has 0 spiro atoms. The number of ketones is 2. The van der Waals surface area contributed by atoms with Gasteiger partial charge in [-0.05, 0) is 29.7 Å². The molecule has 1 amide bonds. The van der Waals surface area contributed by atoms with Crippen molar-refractivity contribution >= 4 is 30.1 Å². The Morgan fingerprint density at radius 3 is 2.45 bits per heavy atom. The minimum Gasteiger partial charge on any atom is -0.327 e. The molecule has 2 rings (SSSR count). The summed E-state index contributed by atoms with van der Waals surface area (Å²) >= 11 is 4.07. The maximum atomic E-state index is 13.1. The summed E-state index contributed by atoms with van der Waals surface area (Å²) in [6, 6.07) is 6.92. The molecule has 0 aromatic heterocycles. The molecule has 0 unspecified atom stereocenters. The maximum absolute atomic E-state index is 13.1. The van der Waals surface area contributed by atoms with Crippen molar-refractivity contribution in [1.29, 1.82) is 0 Å². The molecule has 160 valence electrons. The van der Waals surface area contributed by atoms with Crippen molar-refractivity contribution in [2.24, 2.45) is 11.7 Å². The molecule has 0 bridgehead atoms. The Kier molecular flexibility index (Phi) is 9.37. The molecule has 29 heavy (non-hydrogen) atoms. The summed E-state index contributed by atoms with van der Waals surface area (Å²) in [6.07, 6.45) is 4.70. The smallest absolute Gasteiger partial charge is 0.240 e. The molecule has 1 aliphatic rings. The van der Waals surface area contributed by atoms with E-state index in [4.69, 9.17) is 5.73 Å². The van der Waals surface area contributed by atoms with Gasteiger partial charge >= 0.3 is 0 Å². The van der Waals surface area contributed by atoms with Crippen LogP contribution in [0.25, 0.3) is 0 Å². The lowest BCUT2D eigenvalue weighted by Gasteiger charge is -2.38. The van der Waals surface area contributed by atoms with Gasteiger partial charge in [0.1, 0.15) is 5.78 Å². The fraction of sp³-hybridized carbons (Fsp3) is 0.609. The number of nitrogens with zero attached hydrogens (tertiary/aromatic N) is 1. The number of unbranched alkanes of at least 4 members (excludes halogenated alkanes) is 2. The second-order valence-electron chi connectivity index (χ2n) is 8.23. The van der Waals surface area contributed by atoms with Crippen molar-refractivity contribution in [3.8, 4) is 0 Å². The third-order valence-electron chi connectivity index (χ3n) is 5.61. The third-order valence-corrected chi connectivity index (χ3v) is 5.83. The van der Waals surface area contributed by atoms with Gasteiger partial charge in [0.05, 0.1) is 12.1 Å². The van der Waals surface area contributed by atoms with Crippen LogP contribution < -0.4 is 5.73 Å². The lowest BCUT2D eigenvalue weighted by molar-refractivity contribution is -0.143. The Hall–Kier alpha value is -1.66. The zero-order chi connectivity index (χ0) is 21.4. The number of benzene rings is 1. The molecule has 0 saturated carbocycles. The summed E-state index contributed by atoms with van der Waals surface area (Å²) in [5.41, 5.74) is 8.44. The molecule has 0 fully saturated rings. The Labute approximate surface area is 179 Å². The standard InChI is InChI=1S/C23H34N2O3S/c1-16(2)22(27)21-14-17-8-6-7-9-18(17)15-25(21)23(28)20(24)11-5-3-4-10-19(26)12-13-29/h6-9,16,20-21,29H,3-5,10-15,24H2,1-2H3/t20-,21-/m1/s1. The Bertz CT molecular complexity index is 720. The van der Waals surface area contributed by atoms with E-state index >= 15 is 0 Å². The quantitative estimate of drug-likeness (QED) is 0.427. The molecule has 0 radical (unpaired) electrons. The van der Waals surface area contributed by atoms with Gasteiger partial charge in [0.2, 0.25) is 5.91 Å². The van der Waals surface area contributed by atoms with Crippen LogP contribution in [0.4, 0.5) is 0 Å². The number of nitrogens with two attached hydrogens (primary N) is 1. The Morgan fingerprint density at radius 1 is 1.10 bits per heavy atom. The zero-order valence-corrected chi connectivity index (χ0v) is 18.5. The topological polar surface area (TPSA) is 80.5 Å². The SMILES string of the molecule is CC(C)C(=O)[C@H]1Cc2ccccc2CN1C(=O)[C@H](N)CCCCCC(=O)CCS. The Morgan fingerprint density at radius 2 is 1.79 bits per heavy atom. The number of hydrogen-bond acceptors (Lipinski definition) is 5. The molecule has 6 heteroatoms. The van der Waals surface area contributed by atoms with Gasteiger partial charge in [0.25, 0.3) is 0 Å². The zero-order valence-electron chi connectivity index (χ0n) is 17.6. The number of Topliss-reactive ketones (excluding diaryl/α,β-unsaturated/α-hetero) is 2. The van der Waals surface area contributed by atoms with Crippen LogP contribution in [0.5, 0.6) is 0 Å². The van der Waals surface area contributed by atoms with E-state index in [1.807, 2.05) is 38.1 Å². The van der Waals surface area contributed by atoms with Gasteiger partial charge in [-0.25, -0.2) is 0 Å². The van der Waals surface area contributed by atoms with Crippen LogP contribution in [0.1, 0.15) is 63.5 Å². The monoisotopic (exact) mass is 418 g/mol. The van der Waals surface area contributed by atoms with Gasteiger partial charge in [-0.1, -0.05) is 51.0 Å². The minimum absolute atomic E-state index is 0.0859. The molecule has 0 aliphatic carbocycles. The normalized spacial score (nSPS) is 17.1. The lowest BCUT2D eigenvalue weighted by atomic mass is 9.87. The number of carbonyl (C=O) groups is 3. The van der Waals surface area contributed by atoms with Crippen molar-refractivity contribution in [2.75, 3.05) is 5.75 Å². The van der Waals surface area contributed by atoms with E-state index in [-0.39, 0.29) is 23.4 Å². The Balaban J connectivity index is 1.95. The summed E-state index contributed by atoms with van der Waals surface area (Å²) < 4.78 is 0. The number of thiol groups is 1. The van der Waals surface area contributed by atoms with Crippen LogP contribution in [0.15, 0.2) is 24.3 Å². The molecule has 1 heterocycles. The van der Waals surface area contributed by atoms with E-state index in [1.54, 1.807) is 4.90 Å². The average molecular weight is 419 g/mol. The number of amides is 1. The molecule has 0 saturated heterocycles. The molecule has 2 N–H and O–H groups in total. The van der Waals surface area contributed by atoms with Crippen LogP contribution in [-0.2, 0) is 27.3 Å².